The number of nitrogens with zero attached hydrogens (tertiary/aromatic N) is 1. The Balaban J connectivity index is 1.25. The summed E-state index contributed by atoms with van der Waals surface area (Å²) in [7, 11) is 0. The zero-order chi connectivity index (χ0) is 24.1. The molecule has 0 aliphatic carbocycles. The van der Waals surface area contributed by atoms with E-state index < -0.39 is 0 Å². The minimum absolute atomic E-state index is 0.201. The molecule has 1 aliphatic rings. The van der Waals surface area contributed by atoms with Gasteiger partial charge in [-0.15, -0.1) is 0 Å². The highest BCUT2D eigenvalue weighted by Gasteiger charge is 2.20. The van der Waals surface area contributed by atoms with E-state index in [-0.39, 0.29) is 12.7 Å². The highest BCUT2D eigenvalue weighted by atomic mass is 16.7. The number of hydrogen-bond donors (Lipinski definition) is 3. The minimum Gasteiger partial charge on any atom is -0.454 e. The van der Waals surface area contributed by atoms with E-state index in [0.29, 0.717) is 29.4 Å². The molecule has 0 unspecified atom stereocenters. The number of carbonyl (C=O) groups excluding carboxylic acids is 1. The Morgan fingerprint density at radius 1 is 0.889 bits per heavy atom. The summed E-state index contributed by atoms with van der Waals surface area (Å²) >= 11 is 0. The number of aromatic nitrogens is 3. The molecule has 0 spiro atoms. The maximum Gasteiger partial charge on any atom is 0.269 e. The summed E-state index contributed by atoms with van der Waals surface area (Å²) in [6.45, 7) is 0.709. The third-order valence-corrected chi connectivity index (χ3v) is 6.73. The normalized spacial score (nSPS) is 12.6. The van der Waals surface area contributed by atoms with Crippen LogP contribution in [0.15, 0.2) is 79.0 Å². The van der Waals surface area contributed by atoms with Gasteiger partial charge in [0.25, 0.3) is 5.91 Å². The Morgan fingerprint density at radius 3 is 2.61 bits per heavy atom. The molecule has 1 amide bonds. The van der Waals surface area contributed by atoms with Crippen LogP contribution < -0.4 is 14.8 Å². The van der Waals surface area contributed by atoms with Crippen LogP contribution in [-0.4, -0.2) is 34.2 Å². The highest BCUT2D eigenvalue weighted by molar-refractivity contribution is 6.13. The molecule has 7 nitrogen and oxygen atoms in total. The van der Waals surface area contributed by atoms with Gasteiger partial charge in [0.15, 0.2) is 11.5 Å². The van der Waals surface area contributed by atoms with Crippen molar-refractivity contribution in [2.45, 2.75) is 6.42 Å². The molecule has 0 saturated heterocycles. The van der Waals surface area contributed by atoms with Crippen molar-refractivity contribution in [1.29, 1.82) is 0 Å². The van der Waals surface area contributed by atoms with Gasteiger partial charge in [0.05, 0.1) is 11.2 Å². The number of aromatic amines is 2. The van der Waals surface area contributed by atoms with Gasteiger partial charge in [-0.25, -0.2) is 4.98 Å². The molecule has 0 saturated carbocycles. The van der Waals surface area contributed by atoms with Crippen LogP contribution in [0.4, 0.5) is 0 Å². The Bertz CT molecular complexity index is 1780. The van der Waals surface area contributed by atoms with Crippen LogP contribution in [0.5, 0.6) is 11.5 Å². The first kappa shape index (κ1) is 20.6. The lowest BCUT2D eigenvalue weighted by atomic mass is 10.1. The van der Waals surface area contributed by atoms with Gasteiger partial charge in [-0.1, -0.05) is 36.4 Å². The third-order valence-electron chi connectivity index (χ3n) is 6.73. The number of ether oxygens (including phenoxy) is 2. The van der Waals surface area contributed by atoms with Crippen molar-refractivity contribution in [3.63, 3.8) is 0 Å². The summed E-state index contributed by atoms with van der Waals surface area (Å²) in [5.74, 6) is 1.17. The van der Waals surface area contributed by atoms with Gasteiger partial charge < -0.3 is 24.8 Å². The van der Waals surface area contributed by atoms with Gasteiger partial charge in [-0.2, -0.15) is 0 Å². The Hall–Kier alpha value is -4.78. The number of rotatable bonds is 5. The molecule has 3 aromatic heterocycles. The fraction of sp³-hybridized carbons (Fsp3) is 0.103. The van der Waals surface area contributed by atoms with Gasteiger partial charge in [0, 0.05) is 45.5 Å². The summed E-state index contributed by atoms with van der Waals surface area (Å²) in [6, 6.07) is 23.8. The van der Waals surface area contributed by atoms with E-state index in [1.165, 1.54) is 10.9 Å². The molecule has 4 heterocycles. The van der Waals surface area contributed by atoms with Crippen LogP contribution in [0, 0.1) is 0 Å². The maximum absolute atomic E-state index is 13.3. The summed E-state index contributed by atoms with van der Waals surface area (Å²) in [5, 5.41) is 6.23. The van der Waals surface area contributed by atoms with E-state index in [0.717, 1.165) is 39.3 Å². The molecular weight excluding hydrogens is 452 g/mol. The number of H-pyrrole nitrogens is 2. The molecule has 3 N–H and O–H groups in total. The molecule has 1 aliphatic heterocycles. The molecular formula is C29H22N4O3. The van der Waals surface area contributed by atoms with E-state index in [1.54, 1.807) is 0 Å². The molecule has 0 fully saturated rings. The molecule has 7 heteroatoms. The second-order valence-corrected chi connectivity index (χ2v) is 8.88. The van der Waals surface area contributed by atoms with Crippen molar-refractivity contribution in [1.82, 2.24) is 20.3 Å². The zero-order valence-corrected chi connectivity index (χ0v) is 19.3. The Morgan fingerprint density at radius 2 is 1.69 bits per heavy atom. The van der Waals surface area contributed by atoms with E-state index in [1.807, 2.05) is 60.8 Å². The lowest BCUT2D eigenvalue weighted by molar-refractivity contribution is 0.0949. The molecule has 0 radical (unpaired) electrons. The van der Waals surface area contributed by atoms with Crippen LogP contribution >= 0.6 is 0 Å². The highest BCUT2D eigenvalue weighted by Crippen LogP contribution is 2.38. The molecule has 0 bridgehead atoms. The molecule has 6 aromatic rings. The molecule has 3 aromatic carbocycles. The van der Waals surface area contributed by atoms with E-state index in [4.69, 9.17) is 14.5 Å². The number of benzene rings is 3. The first-order valence-corrected chi connectivity index (χ1v) is 11.9. The fourth-order valence-corrected chi connectivity index (χ4v) is 4.95. The molecule has 36 heavy (non-hydrogen) atoms. The summed E-state index contributed by atoms with van der Waals surface area (Å²) in [6.07, 6.45) is 2.73. The number of pyridine rings is 1. The molecule has 176 valence electrons. The monoisotopic (exact) mass is 474 g/mol. The lowest BCUT2D eigenvalue weighted by Gasteiger charge is -2.09. The average Bonchev–Trinajstić information content (AvgIpc) is 3.64. The second-order valence-electron chi connectivity index (χ2n) is 8.88. The predicted octanol–water partition coefficient (Wildman–Crippen LogP) is 5.57. The number of hydrogen-bond acceptors (Lipinski definition) is 4. The van der Waals surface area contributed by atoms with Gasteiger partial charge >= 0.3 is 0 Å². The maximum atomic E-state index is 13.3. The van der Waals surface area contributed by atoms with Crippen LogP contribution in [0.25, 0.3) is 44.0 Å². The van der Waals surface area contributed by atoms with E-state index in [2.05, 4.69) is 33.5 Å². The van der Waals surface area contributed by atoms with Crippen molar-refractivity contribution in [3.8, 4) is 22.8 Å². The predicted molar refractivity (Wildman–Crippen MR) is 139 cm³/mol. The minimum atomic E-state index is -0.205. The molecule has 7 rings (SSSR count). The first-order chi connectivity index (χ1) is 17.7. The van der Waals surface area contributed by atoms with Gasteiger partial charge in [0.2, 0.25) is 6.79 Å². The number of amides is 1. The van der Waals surface area contributed by atoms with Crippen LogP contribution in [-0.2, 0) is 6.42 Å². The van der Waals surface area contributed by atoms with E-state index in [9.17, 15) is 4.79 Å². The van der Waals surface area contributed by atoms with Crippen molar-refractivity contribution >= 4 is 38.6 Å². The van der Waals surface area contributed by atoms with Gasteiger partial charge in [-0.3, -0.25) is 4.79 Å². The number of para-hydroxylation sites is 2. The topological polar surface area (TPSA) is 92.0 Å². The van der Waals surface area contributed by atoms with Gasteiger partial charge in [-0.05, 0) is 48.4 Å². The van der Waals surface area contributed by atoms with Crippen LogP contribution in [0.1, 0.15) is 16.1 Å². The Labute approximate surface area is 206 Å². The van der Waals surface area contributed by atoms with Crippen molar-refractivity contribution in [2.24, 2.45) is 0 Å². The standard InChI is InChI=1S/C29H22N4O3/c34-29(30-12-11-18-15-31-22-7-3-1-5-19(18)22)24-14-21-20-6-2-4-8-23(20)32-28(21)27(33-24)17-9-10-25-26(13-17)36-16-35-25/h1-10,13-15,31-32H,11-12,16H2,(H,30,34). The third kappa shape index (κ3) is 3.36. The second kappa shape index (κ2) is 8.16. The van der Waals surface area contributed by atoms with Crippen LogP contribution in [0.2, 0.25) is 0 Å². The lowest BCUT2D eigenvalue weighted by Crippen LogP contribution is -2.26. The number of carbonyl (C=O) groups is 1. The number of nitrogens with one attached hydrogen (secondary N) is 3. The first-order valence-electron chi connectivity index (χ1n) is 11.9. The number of fused-ring (bicyclic) bond motifs is 5. The zero-order valence-electron chi connectivity index (χ0n) is 19.3. The molecule has 0 atom stereocenters. The van der Waals surface area contributed by atoms with Crippen molar-refractivity contribution in [3.05, 3.63) is 90.3 Å². The smallest absolute Gasteiger partial charge is 0.269 e. The van der Waals surface area contributed by atoms with Crippen molar-refractivity contribution in [2.75, 3.05) is 13.3 Å². The quantitative estimate of drug-likeness (QED) is 0.305. The summed E-state index contributed by atoms with van der Waals surface area (Å²) in [4.78, 5) is 24.9. The summed E-state index contributed by atoms with van der Waals surface area (Å²) in [5.41, 5.74) is 6.07. The SMILES string of the molecule is O=C(NCCc1c[nH]c2ccccc12)c1cc2c([nH]c3ccccc32)c(-c2ccc3c(c2)OCO3)n1. The van der Waals surface area contributed by atoms with Gasteiger partial charge in [0.1, 0.15) is 5.69 Å². The van der Waals surface area contributed by atoms with Crippen molar-refractivity contribution < 1.29 is 14.3 Å². The Kier molecular flexibility index (Phi) is 4.67. The largest absolute Gasteiger partial charge is 0.454 e. The average molecular weight is 475 g/mol. The fourth-order valence-electron chi connectivity index (χ4n) is 4.95. The van der Waals surface area contributed by atoms with E-state index >= 15 is 0 Å². The summed E-state index contributed by atoms with van der Waals surface area (Å²) < 4.78 is 11.1. The van der Waals surface area contributed by atoms with Crippen LogP contribution in [0.3, 0.4) is 0 Å².